The number of pyridine rings is 1. The number of halogens is 1. The van der Waals surface area contributed by atoms with E-state index in [4.69, 9.17) is 10.3 Å². The number of fused-ring (bicyclic) bond motifs is 1. The Kier molecular flexibility index (Phi) is 4.20. The largest absolute Gasteiger partial charge is 0.345 e. The number of nitrogens with one attached hydrogen (secondary N) is 1. The molecule has 1 aliphatic carbocycles. The molecule has 3 rings (SSSR count). The number of hydrogen-bond donors (Lipinski definition) is 2. The van der Waals surface area contributed by atoms with Crippen molar-refractivity contribution in [2.75, 3.05) is 6.54 Å². The predicted molar refractivity (Wildman–Crippen MR) is 81.4 cm³/mol. The maximum Gasteiger partial charge on any atom is 0.257 e. The third-order valence-electron chi connectivity index (χ3n) is 4.07. The Bertz CT molecular complexity index is 668. The molecule has 0 saturated heterocycles. The molecule has 1 amide bonds. The van der Waals surface area contributed by atoms with Gasteiger partial charge in [-0.25, -0.2) is 4.98 Å². The van der Waals surface area contributed by atoms with Crippen LogP contribution in [-0.4, -0.2) is 28.1 Å². The van der Waals surface area contributed by atoms with Crippen LogP contribution in [0.4, 0.5) is 0 Å². The molecule has 0 aromatic carbocycles. The number of carbonyl (C=O) groups excluding carboxylic acids is 1. The summed E-state index contributed by atoms with van der Waals surface area (Å²) in [7, 11) is 0. The normalized spacial score (nSPS) is 17.1. The highest BCUT2D eigenvalue weighted by Crippen LogP contribution is 2.39. The highest BCUT2D eigenvalue weighted by Gasteiger charge is 2.41. The van der Waals surface area contributed by atoms with Gasteiger partial charge < -0.3 is 15.6 Å². The summed E-state index contributed by atoms with van der Waals surface area (Å²) in [5.41, 5.74) is 7.16. The Hall–Kier alpha value is -1.66. The maximum atomic E-state index is 12.4. The van der Waals surface area contributed by atoms with Crippen LogP contribution in [0.25, 0.3) is 11.1 Å². The second-order valence-electron chi connectivity index (χ2n) is 5.69. The van der Waals surface area contributed by atoms with Gasteiger partial charge in [-0.05, 0) is 38.7 Å². The van der Waals surface area contributed by atoms with E-state index in [1.54, 1.807) is 6.07 Å². The van der Waals surface area contributed by atoms with Gasteiger partial charge in [-0.2, -0.15) is 0 Å². The molecule has 0 bridgehead atoms. The predicted octanol–water partition coefficient (Wildman–Crippen LogP) is 1.81. The molecule has 1 saturated carbocycles. The number of nitrogens with zero attached hydrogens (tertiary/aromatic N) is 2. The van der Waals surface area contributed by atoms with Crippen LogP contribution in [0.5, 0.6) is 0 Å². The Morgan fingerprint density at radius 2 is 2.29 bits per heavy atom. The second kappa shape index (κ2) is 5.61. The van der Waals surface area contributed by atoms with E-state index in [1.807, 2.05) is 13.8 Å². The SMILES string of the molecule is Cc1noc2ncc(C(=O)NC(C)(CN)C3CC3)cc12.Cl. The van der Waals surface area contributed by atoms with E-state index in [1.165, 1.54) is 6.20 Å². The van der Waals surface area contributed by atoms with Crippen LogP contribution in [-0.2, 0) is 0 Å². The second-order valence-corrected chi connectivity index (χ2v) is 5.69. The third-order valence-corrected chi connectivity index (χ3v) is 4.07. The summed E-state index contributed by atoms with van der Waals surface area (Å²) >= 11 is 0. The molecule has 0 radical (unpaired) electrons. The number of aryl methyl sites for hydroxylation is 1. The molecule has 114 valence electrons. The zero-order chi connectivity index (χ0) is 14.3. The van der Waals surface area contributed by atoms with E-state index in [0.717, 1.165) is 23.9 Å². The summed E-state index contributed by atoms with van der Waals surface area (Å²) in [6.07, 6.45) is 3.75. The minimum absolute atomic E-state index is 0. The van der Waals surface area contributed by atoms with Crippen molar-refractivity contribution >= 4 is 29.4 Å². The van der Waals surface area contributed by atoms with Crippen molar-refractivity contribution in [3.8, 4) is 0 Å². The van der Waals surface area contributed by atoms with Crippen LogP contribution in [0.2, 0.25) is 0 Å². The molecular formula is C14H19ClN4O2. The molecule has 0 spiro atoms. The molecule has 0 aliphatic heterocycles. The van der Waals surface area contributed by atoms with Crippen LogP contribution in [0, 0.1) is 12.8 Å². The number of nitrogens with two attached hydrogens (primary N) is 1. The summed E-state index contributed by atoms with van der Waals surface area (Å²) in [4.78, 5) is 16.5. The standard InChI is InChI=1S/C14H18N4O2.ClH/c1-8-11-5-9(6-16-13(11)20-18-8)12(19)17-14(2,7-15)10-3-4-10;/h5-6,10H,3-4,7,15H2,1-2H3,(H,17,19);1H. The van der Waals surface area contributed by atoms with Crippen molar-refractivity contribution in [2.45, 2.75) is 32.2 Å². The van der Waals surface area contributed by atoms with Crippen LogP contribution < -0.4 is 11.1 Å². The van der Waals surface area contributed by atoms with E-state index in [0.29, 0.717) is 23.7 Å². The first kappa shape index (κ1) is 15.7. The van der Waals surface area contributed by atoms with Crippen molar-refractivity contribution in [3.63, 3.8) is 0 Å². The van der Waals surface area contributed by atoms with Gasteiger partial charge in [0.15, 0.2) is 0 Å². The molecule has 6 nitrogen and oxygen atoms in total. The lowest BCUT2D eigenvalue weighted by molar-refractivity contribution is 0.0897. The minimum atomic E-state index is -0.338. The molecule has 2 aromatic rings. The van der Waals surface area contributed by atoms with E-state index in [2.05, 4.69) is 15.5 Å². The Morgan fingerprint density at radius 1 is 1.57 bits per heavy atom. The first-order chi connectivity index (χ1) is 9.53. The molecule has 1 aliphatic rings. The van der Waals surface area contributed by atoms with Gasteiger partial charge in [-0.3, -0.25) is 4.79 Å². The van der Waals surface area contributed by atoms with E-state index in [-0.39, 0.29) is 23.9 Å². The fourth-order valence-corrected chi connectivity index (χ4v) is 2.44. The summed E-state index contributed by atoms with van der Waals surface area (Å²) in [5, 5.41) is 7.64. The lowest BCUT2D eigenvalue weighted by atomic mass is 9.95. The van der Waals surface area contributed by atoms with E-state index in [9.17, 15) is 4.79 Å². The maximum absolute atomic E-state index is 12.4. The van der Waals surface area contributed by atoms with Gasteiger partial charge >= 0.3 is 0 Å². The van der Waals surface area contributed by atoms with Crippen molar-refractivity contribution in [3.05, 3.63) is 23.5 Å². The molecule has 2 heterocycles. The van der Waals surface area contributed by atoms with E-state index >= 15 is 0 Å². The van der Waals surface area contributed by atoms with Gasteiger partial charge in [0.25, 0.3) is 11.6 Å². The molecule has 2 aromatic heterocycles. The molecule has 7 heteroatoms. The van der Waals surface area contributed by atoms with Crippen molar-refractivity contribution in [2.24, 2.45) is 11.7 Å². The lowest BCUT2D eigenvalue weighted by Gasteiger charge is -2.29. The van der Waals surface area contributed by atoms with Gasteiger partial charge in [0.1, 0.15) is 0 Å². The summed E-state index contributed by atoms with van der Waals surface area (Å²) in [5.74, 6) is 0.324. The smallest absolute Gasteiger partial charge is 0.257 e. The van der Waals surface area contributed by atoms with Gasteiger partial charge in [0, 0.05) is 12.7 Å². The monoisotopic (exact) mass is 310 g/mol. The van der Waals surface area contributed by atoms with Crippen molar-refractivity contribution in [1.29, 1.82) is 0 Å². The Balaban J connectivity index is 0.00000161. The fraction of sp³-hybridized carbons (Fsp3) is 0.500. The van der Waals surface area contributed by atoms with Crippen LogP contribution >= 0.6 is 12.4 Å². The third kappa shape index (κ3) is 2.87. The molecule has 1 atom stereocenters. The lowest BCUT2D eigenvalue weighted by Crippen LogP contribution is -2.53. The zero-order valence-electron chi connectivity index (χ0n) is 12.0. The summed E-state index contributed by atoms with van der Waals surface area (Å²) in [6, 6.07) is 1.76. The number of hydrogen-bond acceptors (Lipinski definition) is 5. The van der Waals surface area contributed by atoms with Crippen molar-refractivity contribution < 1.29 is 9.32 Å². The number of amides is 1. The van der Waals surface area contributed by atoms with Gasteiger partial charge in [0.05, 0.1) is 22.2 Å². The number of rotatable bonds is 4. The molecule has 21 heavy (non-hydrogen) atoms. The molecular weight excluding hydrogens is 292 g/mol. The van der Waals surface area contributed by atoms with Gasteiger partial charge in [-0.15, -0.1) is 12.4 Å². The summed E-state index contributed by atoms with van der Waals surface area (Å²) in [6.45, 7) is 4.26. The number of aromatic nitrogens is 2. The van der Waals surface area contributed by atoms with Crippen LogP contribution in [0.3, 0.4) is 0 Å². The quantitative estimate of drug-likeness (QED) is 0.898. The molecule has 3 N–H and O–H groups in total. The van der Waals surface area contributed by atoms with Crippen molar-refractivity contribution in [1.82, 2.24) is 15.5 Å². The average Bonchev–Trinajstić information content (AvgIpc) is 3.24. The summed E-state index contributed by atoms with van der Waals surface area (Å²) < 4.78 is 5.04. The fourth-order valence-electron chi connectivity index (χ4n) is 2.44. The highest BCUT2D eigenvalue weighted by atomic mass is 35.5. The Morgan fingerprint density at radius 3 is 2.90 bits per heavy atom. The highest BCUT2D eigenvalue weighted by molar-refractivity contribution is 5.97. The molecule has 1 fully saturated rings. The van der Waals surface area contributed by atoms with E-state index < -0.39 is 0 Å². The topological polar surface area (TPSA) is 94.0 Å². The van der Waals surface area contributed by atoms with Gasteiger partial charge in [-0.1, -0.05) is 5.16 Å². The average molecular weight is 311 g/mol. The minimum Gasteiger partial charge on any atom is -0.345 e. The van der Waals surface area contributed by atoms with Crippen LogP contribution in [0.15, 0.2) is 16.8 Å². The van der Waals surface area contributed by atoms with Crippen LogP contribution in [0.1, 0.15) is 35.8 Å². The Labute approximate surface area is 128 Å². The van der Waals surface area contributed by atoms with Gasteiger partial charge in [0.2, 0.25) is 0 Å². The first-order valence-electron chi connectivity index (χ1n) is 6.78. The number of carbonyl (C=O) groups is 1. The first-order valence-corrected chi connectivity index (χ1v) is 6.78. The molecule has 1 unspecified atom stereocenters. The zero-order valence-corrected chi connectivity index (χ0v) is 12.9.